The van der Waals surface area contributed by atoms with Gasteiger partial charge in [-0.1, -0.05) is 91.1 Å². The SMILES string of the molecule is CC/C=C\CCCCCCCC/C=C\CC/C=C\CC/C(Br)=C\CCCC(=O)O. The van der Waals surface area contributed by atoms with E-state index in [4.69, 9.17) is 5.11 Å². The third kappa shape index (κ3) is 24.9. The van der Waals surface area contributed by atoms with Crippen LogP contribution >= 0.6 is 15.9 Å². The zero-order chi connectivity index (χ0) is 21.4. The maximum absolute atomic E-state index is 10.4. The van der Waals surface area contributed by atoms with Gasteiger partial charge in [-0.05, 0) is 75.1 Å². The zero-order valence-corrected chi connectivity index (χ0v) is 20.2. The summed E-state index contributed by atoms with van der Waals surface area (Å²) >= 11 is 3.56. The highest BCUT2D eigenvalue weighted by Crippen LogP contribution is 2.15. The molecule has 0 radical (unpaired) electrons. The first-order valence-corrected chi connectivity index (χ1v) is 12.5. The van der Waals surface area contributed by atoms with E-state index in [0.717, 1.165) is 38.5 Å². The minimum absolute atomic E-state index is 0.251. The number of unbranched alkanes of at least 4 members (excludes halogenated alkanes) is 9. The fraction of sp³-hybridized carbons (Fsp3) is 0.654. The maximum Gasteiger partial charge on any atom is 0.303 e. The van der Waals surface area contributed by atoms with E-state index >= 15 is 0 Å². The molecule has 0 atom stereocenters. The molecule has 0 aliphatic rings. The predicted molar refractivity (Wildman–Crippen MR) is 132 cm³/mol. The molecule has 166 valence electrons. The van der Waals surface area contributed by atoms with Crippen molar-refractivity contribution in [2.75, 3.05) is 0 Å². The Morgan fingerprint density at radius 2 is 1.17 bits per heavy atom. The second-order valence-corrected chi connectivity index (χ2v) is 8.59. The molecule has 0 bridgehead atoms. The molecule has 0 aliphatic carbocycles. The van der Waals surface area contributed by atoms with Gasteiger partial charge < -0.3 is 5.11 Å². The summed E-state index contributed by atoms with van der Waals surface area (Å²) in [5.41, 5.74) is 0. The third-order valence-corrected chi connectivity index (χ3v) is 5.46. The van der Waals surface area contributed by atoms with Gasteiger partial charge in [0.2, 0.25) is 0 Å². The third-order valence-electron chi connectivity index (χ3n) is 4.74. The van der Waals surface area contributed by atoms with Crippen molar-refractivity contribution < 1.29 is 9.90 Å². The molecule has 1 N–H and O–H groups in total. The van der Waals surface area contributed by atoms with E-state index in [1.165, 1.54) is 55.8 Å². The number of allylic oxidation sites excluding steroid dienone is 8. The van der Waals surface area contributed by atoms with Gasteiger partial charge in [-0.2, -0.15) is 0 Å². The Balaban J connectivity index is 3.39. The predicted octanol–water partition coefficient (Wildman–Crippen LogP) is 9.28. The molecule has 0 amide bonds. The van der Waals surface area contributed by atoms with Gasteiger partial charge in [0.1, 0.15) is 0 Å². The summed E-state index contributed by atoms with van der Waals surface area (Å²) in [4.78, 5) is 10.4. The molecular weight excluding hydrogens is 424 g/mol. The van der Waals surface area contributed by atoms with E-state index < -0.39 is 5.97 Å². The van der Waals surface area contributed by atoms with Gasteiger partial charge in [0.15, 0.2) is 0 Å². The van der Waals surface area contributed by atoms with Crippen molar-refractivity contribution >= 4 is 21.9 Å². The van der Waals surface area contributed by atoms with Crippen LogP contribution in [-0.2, 0) is 4.79 Å². The number of hydrogen-bond acceptors (Lipinski definition) is 1. The van der Waals surface area contributed by atoms with Crippen LogP contribution in [0.2, 0.25) is 0 Å². The molecule has 0 spiro atoms. The summed E-state index contributed by atoms with van der Waals surface area (Å²) in [6.07, 6.45) is 33.8. The lowest BCUT2D eigenvalue weighted by Gasteiger charge is -1.99. The van der Waals surface area contributed by atoms with Gasteiger partial charge in [-0.15, -0.1) is 0 Å². The zero-order valence-electron chi connectivity index (χ0n) is 18.6. The Hall–Kier alpha value is -1.09. The molecule has 0 fully saturated rings. The van der Waals surface area contributed by atoms with Crippen LogP contribution in [0.25, 0.3) is 0 Å². The average Bonchev–Trinajstić information content (AvgIpc) is 2.70. The second kappa shape index (κ2) is 23.2. The highest BCUT2D eigenvalue weighted by Gasteiger charge is 1.95. The first kappa shape index (κ1) is 27.9. The van der Waals surface area contributed by atoms with Crippen LogP contribution in [-0.4, -0.2) is 11.1 Å². The summed E-state index contributed by atoms with van der Waals surface area (Å²) in [6.45, 7) is 2.19. The van der Waals surface area contributed by atoms with Crippen molar-refractivity contribution in [1.82, 2.24) is 0 Å². The Kier molecular flexibility index (Phi) is 22.3. The summed E-state index contributed by atoms with van der Waals surface area (Å²) in [6, 6.07) is 0. The van der Waals surface area contributed by atoms with Crippen LogP contribution < -0.4 is 0 Å². The van der Waals surface area contributed by atoms with E-state index in [2.05, 4.69) is 65.4 Å². The summed E-state index contributed by atoms with van der Waals surface area (Å²) in [5, 5.41) is 8.60. The number of aliphatic carboxylic acids is 1. The molecule has 2 nitrogen and oxygen atoms in total. The molecule has 0 heterocycles. The van der Waals surface area contributed by atoms with Gasteiger partial charge in [-0.3, -0.25) is 4.79 Å². The summed E-state index contributed by atoms with van der Waals surface area (Å²) in [5.74, 6) is -0.715. The Morgan fingerprint density at radius 3 is 1.76 bits per heavy atom. The van der Waals surface area contributed by atoms with E-state index in [0.29, 0.717) is 6.42 Å². The van der Waals surface area contributed by atoms with Crippen molar-refractivity contribution in [1.29, 1.82) is 0 Å². The van der Waals surface area contributed by atoms with Gasteiger partial charge in [-0.25, -0.2) is 0 Å². The van der Waals surface area contributed by atoms with Gasteiger partial charge in [0.05, 0.1) is 0 Å². The molecule has 3 heteroatoms. The largest absolute Gasteiger partial charge is 0.481 e. The van der Waals surface area contributed by atoms with E-state index in [9.17, 15) is 4.79 Å². The van der Waals surface area contributed by atoms with Gasteiger partial charge in [0, 0.05) is 6.42 Å². The fourth-order valence-electron chi connectivity index (χ4n) is 3.02. The quantitative estimate of drug-likeness (QED) is 0.143. The van der Waals surface area contributed by atoms with E-state index in [-0.39, 0.29) is 6.42 Å². The topological polar surface area (TPSA) is 37.3 Å². The molecule has 0 saturated heterocycles. The van der Waals surface area contributed by atoms with Crippen LogP contribution in [0.15, 0.2) is 47.0 Å². The Labute approximate surface area is 188 Å². The number of halogens is 1. The second-order valence-electron chi connectivity index (χ2n) is 7.57. The lowest BCUT2D eigenvalue weighted by molar-refractivity contribution is -0.137. The van der Waals surface area contributed by atoms with Crippen LogP contribution in [0.4, 0.5) is 0 Å². The van der Waals surface area contributed by atoms with Crippen LogP contribution in [0.5, 0.6) is 0 Å². The van der Waals surface area contributed by atoms with Crippen molar-refractivity contribution in [2.24, 2.45) is 0 Å². The van der Waals surface area contributed by atoms with Crippen molar-refractivity contribution in [3.05, 3.63) is 47.0 Å². The smallest absolute Gasteiger partial charge is 0.303 e. The van der Waals surface area contributed by atoms with Gasteiger partial charge in [0.25, 0.3) is 0 Å². The highest BCUT2D eigenvalue weighted by atomic mass is 79.9. The van der Waals surface area contributed by atoms with Crippen molar-refractivity contribution in [3.63, 3.8) is 0 Å². The average molecular weight is 468 g/mol. The first-order valence-electron chi connectivity index (χ1n) is 11.7. The molecule has 0 aliphatic heterocycles. The Bertz CT molecular complexity index is 489. The molecule has 0 rings (SSSR count). The van der Waals surface area contributed by atoms with Crippen molar-refractivity contribution in [2.45, 2.75) is 110 Å². The maximum atomic E-state index is 10.4. The van der Waals surface area contributed by atoms with Crippen LogP contribution in [0.1, 0.15) is 110 Å². The number of rotatable bonds is 20. The Morgan fingerprint density at radius 1 is 0.655 bits per heavy atom. The number of hydrogen-bond donors (Lipinski definition) is 1. The fourth-order valence-corrected chi connectivity index (χ4v) is 3.47. The number of carboxylic acids is 1. The highest BCUT2D eigenvalue weighted by molar-refractivity contribution is 9.11. The van der Waals surface area contributed by atoms with Crippen LogP contribution in [0, 0.1) is 0 Å². The summed E-state index contributed by atoms with van der Waals surface area (Å²) < 4.78 is 1.18. The number of carboxylic acid groups (broad SMARTS) is 1. The number of carbonyl (C=O) groups is 1. The van der Waals surface area contributed by atoms with Crippen molar-refractivity contribution in [3.8, 4) is 0 Å². The molecular formula is C26H43BrO2. The lowest BCUT2D eigenvalue weighted by Crippen LogP contribution is -1.92. The molecule has 29 heavy (non-hydrogen) atoms. The van der Waals surface area contributed by atoms with E-state index in [1.54, 1.807) is 0 Å². The lowest BCUT2D eigenvalue weighted by atomic mass is 10.1. The molecule has 0 saturated carbocycles. The first-order chi connectivity index (χ1) is 14.2. The molecule has 0 unspecified atom stereocenters. The van der Waals surface area contributed by atoms with E-state index in [1.807, 2.05) is 0 Å². The monoisotopic (exact) mass is 466 g/mol. The molecule has 0 aromatic rings. The van der Waals surface area contributed by atoms with Crippen LogP contribution in [0.3, 0.4) is 0 Å². The molecule has 0 aromatic carbocycles. The minimum atomic E-state index is -0.715. The summed E-state index contributed by atoms with van der Waals surface area (Å²) in [7, 11) is 0. The molecule has 0 aromatic heterocycles. The normalized spacial score (nSPS) is 12.7. The van der Waals surface area contributed by atoms with Gasteiger partial charge >= 0.3 is 5.97 Å². The standard InChI is InChI=1S/C26H43BrO2/c1-2-3-4-5-6-7-8-9-10-11-12-13-14-15-16-17-18-19-22-25(27)23-20-21-24-26(28)29/h3-4,13-14,17-18,23H,2,5-12,15-16,19-22,24H2,1H3,(H,28,29)/b4-3-,14-13-,18-17-,25-23+. The minimum Gasteiger partial charge on any atom is -0.481 e.